The number of carbonyl (C=O) groups is 2. The fraction of sp³-hybridized carbons (Fsp3) is 0.238. The minimum absolute atomic E-state index is 0.0540. The van der Waals surface area contributed by atoms with Crippen LogP contribution >= 0.6 is 12.2 Å². The summed E-state index contributed by atoms with van der Waals surface area (Å²) >= 11 is 5.22. The van der Waals surface area contributed by atoms with Gasteiger partial charge in [-0.25, -0.2) is 0 Å². The van der Waals surface area contributed by atoms with Crippen LogP contribution in [0.5, 0.6) is 11.5 Å². The van der Waals surface area contributed by atoms with Crippen LogP contribution in [-0.2, 0) is 17.8 Å². The fourth-order valence-electron chi connectivity index (χ4n) is 3.19. The lowest BCUT2D eigenvalue weighted by atomic mass is 10.2. The predicted molar refractivity (Wildman–Crippen MR) is 117 cm³/mol. The van der Waals surface area contributed by atoms with Gasteiger partial charge in [0.05, 0.1) is 0 Å². The summed E-state index contributed by atoms with van der Waals surface area (Å²) in [6.45, 7) is 2.23. The molecule has 0 unspecified atom stereocenters. The molecule has 0 aliphatic carbocycles. The number of nitrogens with zero attached hydrogens (tertiary/aromatic N) is 2. The molecule has 1 aliphatic heterocycles. The summed E-state index contributed by atoms with van der Waals surface area (Å²) in [4.78, 5) is 25.1. The summed E-state index contributed by atoms with van der Waals surface area (Å²) in [5.41, 5.74) is 1.55. The van der Waals surface area contributed by atoms with Gasteiger partial charge in [0.2, 0.25) is 12.7 Å². The molecule has 3 aromatic rings. The second-order valence-corrected chi connectivity index (χ2v) is 7.32. The Balaban J connectivity index is 1.41. The van der Waals surface area contributed by atoms with Gasteiger partial charge < -0.3 is 20.1 Å². The molecule has 0 atom stereocenters. The molecule has 2 aromatic carbocycles. The predicted octanol–water partition coefficient (Wildman–Crippen LogP) is 3.51. The number of aromatic nitrogens is 3. The Hall–Kier alpha value is -3.66. The molecule has 0 spiro atoms. The number of hydrogen-bond acceptors (Lipinski definition) is 6. The molecule has 1 aliphatic rings. The van der Waals surface area contributed by atoms with E-state index in [1.54, 1.807) is 47.0 Å². The number of fused-ring (bicyclic) bond motifs is 1. The molecule has 2 amide bonds. The number of anilines is 2. The van der Waals surface area contributed by atoms with Gasteiger partial charge in [0.25, 0.3) is 5.91 Å². The fourth-order valence-corrected chi connectivity index (χ4v) is 3.40. The summed E-state index contributed by atoms with van der Waals surface area (Å²) < 4.78 is 12.7. The van der Waals surface area contributed by atoms with Gasteiger partial charge in [0.1, 0.15) is 12.4 Å². The van der Waals surface area contributed by atoms with Gasteiger partial charge in [-0.3, -0.25) is 19.3 Å². The summed E-state index contributed by atoms with van der Waals surface area (Å²) in [6.07, 6.45) is 1.62. The van der Waals surface area contributed by atoms with Crippen LogP contribution in [0.4, 0.5) is 11.4 Å². The summed E-state index contributed by atoms with van der Waals surface area (Å²) in [7, 11) is 0. The lowest BCUT2D eigenvalue weighted by Crippen LogP contribution is -2.20. The molecule has 10 heteroatoms. The molecule has 31 heavy (non-hydrogen) atoms. The van der Waals surface area contributed by atoms with Crippen molar-refractivity contribution in [3.8, 4) is 11.5 Å². The third kappa shape index (κ3) is 4.75. The molecule has 0 radical (unpaired) electrons. The monoisotopic (exact) mass is 439 g/mol. The van der Waals surface area contributed by atoms with Crippen molar-refractivity contribution in [2.75, 3.05) is 17.4 Å². The first-order chi connectivity index (χ1) is 15.0. The van der Waals surface area contributed by atoms with E-state index in [0.717, 1.165) is 18.7 Å². The van der Waals surface area contributed by atoms with Gasteiger partial charge in [-0.05, 0) is 55.0 Å². The maximum Gasteiger partial charge on any atom is 0.255 e. The van der Waals surface area contributed by atoms with Crippen molar-refractivity contribution < 1.29 is 19.1 Å². The van der Waals surface area contributed by atoms with Crippen LogP contribution in [0.25, 0.3) is 0 Å². The highest BCUT2D eigenvalue weighted by Gasteiger charge is 2.16. The molecule has 9 nitrogen and oxygen atoms in total. The Bertz CT molecular complexity index is 1190. The van der Waals surface area contributed by atoms with E-state index in [1.165, 1.54) is 0 Å². The molecule has 0 bridgehead atoms. The zero-order valence-electron chi connectivity index (χ0n) is 16.8. The number of benzene rings is 2. The van der Waals surface area contributed by atoms with Gasteiger partial charge in [0, 0.05) is 23.4 Å². The number of hydrogen-bond donors (Lipinski definition) is 3. The second kappa shape index (κ2) is 9.00. The number of aryl methyl sites for hydroxylation is 1. The van der Waals surface area contributed by atoms with Crippen LogP contribution in [0, 0.1) is 4.77 Å². The molecule has 3 N–H and O–H groups in total. The standard InChI is InChI=1S/C21H21N5O4S/c1-2-4-18-24-25-21(31)26(18)11-19(27)22-14-5-3-6-15(10-14)23-20(28)13-7-8-16-17(9-13)30-12-29-16/h3,5-10H,2,4,11-12H2,1H3,(H,22,27)(H,23,28)(H,25,31). The Morgan fingerprint density at radius 3 is 2.71 bits per heavy atom. The van der Waals surface area contributed by atoms with E-state index < -0.39 is 0 Å². The van der Waals surface area contributed by atoms with E-state index >= 15 is 0 Å². The number of carbonyl (C=O) groups excluding carboxylic acids is 2. The van der Waals surface area contributed by atoms with Gasteiger partial charge >= 0.3 is 0 Å². The van der Waals surface area contributed by atoms with Crippen molar-refractivity contribution in [2.24, 2.45) is 0 Å². The highest BCUT2D eigenvalue weighted by molar-refractivity contribution is 7.71. The number of nitrogens with one attached hydrogen (secondary N) is 3. The number of ether oxygens (including phenoxy) is 2. The number of amides is 2. The first-order valence-electron chi connectivity index (χ1n) is 9.78. The van der Waals surface area contributed by atoms with Crippen molar-refractivity contribution in [1.29, 1.82) is 0 Å². The van der Waals surface area contributed by atoms with Gasteiger partial charge in [-0.15, -0.1) is 0 Å². The van der Waals surface area contributed by atoms with Crippen LogP contribution in [-0.4, -0.2) is 33.4 Å². The Morgan fingerprint density at radius 1 is 1.13 bits per heavy atom. The normalized spacial score (nSPS) is 11.9. The van der Waals surface area contributed by atoms with Crippen molar-refractivity contribution in [1.82, 2.24) is 14.8 Å². The van der Waals surface area contributed by atoms with E-state index in [0.29, 0.717) is 33.2 Å². The average molecular weight is 439 g/mol. The molecule has 4 rings (SSSR count). The first-order valence-corrected chi connectivity index (χ1v) is 10.2. The van der Waals surface area contributed by atoms with Gasteiger partial charge in [-0.1, -0.05) is 13.0 Å². The van der Waals surface area contributed by atoms with E-state index in [2.05, 4.69) is 20.8 Å². The van der Waals surface area contributed by atoms with Gasteiger partial charge in [-0.2, -0.15) is 5.10 Å². The maximum atomic E-state index is 12.6. The molecule has 1 aromatic heterocycles. The highest BCUT2D eigenvalue weighted by Crippen LogP contribution is 2.32. The third-order valence-electron chi connectivity index (χ3n) is 4.65. The lowest BCUT2D eigenvalue weighted by Gasteiger charge is -2.10. The van der Waals surface area contributed by atoms with Crippen LogP contribution in [0.2, 0.25) is 0 Å². The quantitative estimate of drug-likeness (QED) is 0.486. The summed E-state index contributed by atoms with van der Waals surface area (Å²) in [5, 5.41) is 12.5. The number of rotatable bonds is 7. The summed E-state index contributed by atoms with van der Waals surface area (Å²) in [6, 6.07) is 11.9. The number of H-pyrrole nitrogens is 1. The highest BCUT2D eigenvalue weighted by atomic mass is 32.1. The van der Waals surface area contributed by atoms with E-state index in [-0.39, 0.29) is 25.2 Å². The minimum atomic E-state index is -0.296. The lowest BCUT2D eigenvalue weighted by molar-refractivity contribution is -0.116. The first kappa shape index (κ1) is 20.6. The molecule has 0 saturated heterocycles. The Morgan fingerprint density at radius 2 is 1.90 bits per heavy atom. The molecule has 160 valence electrons. The Labute approximate surface area is 183 Å². The van der Waals surface area contributed by atoms with E-state index in [4.69, 9.17) is 21.7 Å². The molecular formula is C21H21N5O4S. The van der Waals surface area contributed by atoms with Crippen LogP contribution in [0.1, 0.15) is 29.5 Å². The summed E-state index contributed by atoms with van der Waals surface area (Å²) in [5.74, 6) is 1.35. The second-order valence-electron chi connectivity index (χ2n) is 6.93. The van der Waals surface area contributed by atoms with Crippen LogP contribution in [0.15, 0.2) is 42.5 Å². The molecular weight excluding hydrogens is 418 g/mol. The van der Waals surface area contributed by atoms with Crippen molar-refractivity contribution in [3.05, 3.63) is 58.6 Å². The average Bonchev–Trinajstić information content (AvgIpc) is 3.35. The topological polar surface area (TPSA) is 110 Å². The minimum Gasteiger partial charge on any atom is -0.454 e. The van der Waals surface area contributed by atoms with Crippen molar-refractivity contribution >= 4 is 35.4 Å². The molecule has 0 saturated carbocycles. The van der Waals surface area contributed by atoms with Crippen LogP contribution < -0.4 is 20.1 Å². The largest absolute Gasteiger partial charge is 0.454 e. The Kier molecular flexibility index (Phi) is 5.99. The number of aromatic amines is 1. The molecule has 2 heterocycles. The zero-order valence-corrected chi connectivity index (χ0v) is 17.6. The van der Waals surface area contributed by atoms with E-state index in [9.17, 15) is 9.59 Å². The van der Waals surface area contributed by atoms with Crippen molar-refractivity contribution in [3.63, 3.8) is 0 Å². The van der Waals surface area contributed by atoms with E-state index in [1.807, 2.05) is 6.92 Å². The molecule has 0 fully saturated rings. The maximum absolute atomic E-state index is 12.6. The van der Waals surface area contributed by atoms with Crippen LogP contribution in [0.3, 0.4) is 0 Å². The van der Waals surface area contributed by atoms with Gasteiger partial charge in [0.15, 0.2) is 16.3 Å². The smallest absolute Gasteiger partial charge is 0.255 e. The SMILES string of the molecule is CCCc1n[nH]c(=S)n1CC(=O)Nc1cccc(NC(=O)c2ccc3c(c2)OCO3)c1. The zero-order chi connectivity index (χ0) is 21.8. The third-order valence-corrected chi connectivity index (χ3v) is 4.96. The van der Waals surface area contributed by atoms with Crippen molar-refractivity contribution in [2.45, 2.75) is 26.3 Å².